The van der Waals surface area contributed by atoms with Gasteiger partial charge in [-0.25, -0.2) is 0 Å². The van der Waals surface area contributed by atoms with Crippen LogP contribution in [0, 0.1) is 6.92 Å². The summed E-state index contributed by atoms with van der Waals surface area (Å²) in [6.07, 6.45) is 4.50. The van der Waals surface area contributed by atoms with Gasteiger partial charge in [-0.05, 0) is 51.2 Å². The van der Waals surface area contributed by atoms with Crippen LogP contribution >= 0.6 is 11.3 Å². The molecule has 2 aromatic rings. The highest BCUT2D eigenvalue weighted by atomic mass is 32.1. The second-order valence-electron chi connectivity index (χ2n) is 8.36. The fourth-order valence-electron chi connectivity index (χ4n) is 2.58. The van der Waals surface area contributed by atoms with Gasteiger partial charge in [0.15, 0.2) is 4.80 Å². The van der Waals surface area contributed by atoms with Gasteiger partial charge in [-0.15, -0.1) is 11.3 Å². The monoisotopic (exact) mass is 372 g/mol. The van der Waals surface area contributed by atoms with E-state index in [4.69, 9.17) is 4.74 Å². The van der Waals surface area contributed by atoms with Crippen molar-refractivity contribution in [2.24, 2.45) is 4.99 Å². The average molecular weight is 373 g/mol. The summed E-state index contributed by atoms with van der Waals surface area (Å²) in [5.41, 5.74) is 1.62. The number of amides is 1. The lowest BCUT2D eigenvalue weighted by atomic mass is 9.95. The zero-order chi connectivity index (χ0) is 19.1. The molecule has 1 fully saturated rings. The summed E-state index contributed by atoms with van der Waals surface area (Å²) >= 11 is 1.59. The smallest absolute Gasteiger partial charge is 0.283 e. The molecule has 0 N–H and O–H groups in total. The first kappa shape index (κ1) is 18.9. The highest BCUT2D eigenvalue weighted by Crippen LogP contribution is 2.30. The number of rotatable bonds is 4. The van der Waals surface area contributed by atoms with Gasteiger partial charge >= 0.3 is 0 Å². The van der Waals surface area contributed by atoms with Crippen molar-refractivity contribution in [3.05, 3.63) is 45.2 Å². The summed E-state index contributed by atoms with van der Waals surface area (Å²) < 4.78 is 8.01. The number of hydrogen-bond donors (Lipinski definition) is 0. The molecule has 1 aromatic carbocycles. The van der Waals surface area contributed by atoms with E-state index in [-0.39, 0.29) is 23.5 Å². The Hall–Kier alpha value is -1.88. The first-order chi connectivity index (χ1) is 12.1. The zero-order valence-corrected chi connectivity index (χ0v) is 17.3. The number of aryl methyl sites for hydroxylation is 1. The van der Waals surface area contributed by atoms with Crippen molar-refractivity contribution in [3.8, 4) is 5.75 Å². The van der Waals surface area contributed by atoms with Crippen molar-refractivity contribution in [1.82, 2.24) is 4.57 Å². The molecule has 1 aromatic heterocycles. The standard InChI is InChI=1S/C21H28N2O2S/c1-13(2)23-12-18(21(4,5)6)26-20(23)22-19(24)16-11-14(3)7-10-17(16)25-15-8-9-15/h7,10-13,15H,8-9H2,1-6H3. The summed E-state index contributed by atoms with van der Waals surface area (Å²) in [7, 11) is 0. The van der Waals surface area contributed by atoms with Crippen LogP contribution in [-0.2, 0) is 5.41 Å². The summed E-state index contributed by atoms with van der Waals surface area (Å²) in [6, 6.07) is 5.99. The number of aromatic nitrogens is 1. The van der Waals surface area contributed by atoms with E-state index in [2.05, 4.69) is 50.4 Å². The zero-order valence-electron chi connectivity index (χ0n) is 16.5. The Morgan fingerprint density at radius 2 is 2.00 bits per heavy atom. The van der Waals surface area contributed by atoms with E-state index < -0.39 is 0 Å². The number of benzene rings is 1. The minimum atomic E-state index is -0.235. The summed E-state index contributed by atoms with van der Waals surface area (Å²) in [5, 5.41) is 0. The predicted molar refractivity (Wildman–Crippen MR) is 106 cm³/mol. The number of thiazole rings is 1. The summed E-state index contributed by atoms with van der Waals surface area (Å²) in [6.45, 7) is 12.7. The number of nitrogens with zero attached hydrogens (tertiary/aromatic N) is 2. The number of carbonyl (C=O) groups is 1. The first-order valence-electron chi connectivity index (χ1n) is 9.24. The third kappa shape index (κ3) is 4.26. The van der Waals surface area contributed by atoms with Crippen molar-refractivity contribution >= 4 is 17.2 Å². The van der Waals surface area contributed by atoms with Crippen LogP contribution in [0.15, 0.2) is 29.4 Å². The van der Waals surface area contributed by atoms with Gasteiger partial charge in [0.25, 0.3) is 5.91 Å². The molecular weight excluding hydrogens is 344 g/mol. The molecule has 0 aliphatic heterocycles. The van der Waals surface area contributed by atoms with E-state index in [1.54, 1.807) is 11.3 Å². The molecule has 0 radical (unpaired) electrons. The molecule has 3 rings (SSSR count). The molecule has 0 bridgehead atoms. The molecule has 0 atom stereocenters. The van der Waals surface area contributed by atoms with Crippen LogP contribution < -0.4 is 9.54 Å². The summed E-state index contributed by atoms with van der Waals surface area (Å²) in [4.78, 5) is 19.4. The van der Waals surface area contributed by atoms with Crippen LogP contribution in [0.2, 0.25) is 0 Å². The minimum Gasteiger partial charge on any atom is -0.490 e. The number of hydrogen-bond acceptors (Lipinski definition) is 3. The van der Waals surface area contributed by atoms with Crippen LogP contribution in [0.3, 0.4) is 0 Å². The molecular formula is C21H28N2O2S. The van der Waals surface area contributed by atoms with E-state index in [0.717, 1.165) is 23.2 Å². The molecule has 1 aliphatic carbocycles. The molecule has 1 heterocycles. The molecule has 1 saturated carbocycles. The molecule has 26 heavy (non-hydrogen) atoms. The Balaban J connectivity index is 2.03. The maximum absolute atomic E-state index is 13.0. The molecule has 0 saturated heterocycles. The molecule has 1 aliphatic rings. The largest absolute Gasteiger partial charge is 0.490 e. The van der Waals surface area contributed by atoms with Crippen molar-refractivity contribution in [1.29, 1.82) is 0 Å². The molecule has 0 unspecified atom stereocenters. The Morgan fingerprint density at radius 3 is 2.58 bits per heavy atom. The van der Waals surface area contributed by atoms with E-state index in [1.807, 2.05) is 25.1 Å². The van der Waals surface area contributed by atoms with Gasteiger partial charge in [0.05, 0.1) is 11.7 Å². The Labute approximate surface area is 159 Å². The van der Waals surface area contributed by atoms with Crippen LogP contribution in [0.4, 0.5) is 0 Å². The lowest BCUT2D eigenvalue weighted by molar-refractivity contribution is 0.0993. The van der Waals surface area contributed by atoms with E-state index in [1.165, 1.54) is 4.88 Å². The predicted octanol–water partition coefficient (Wildman–Crippen LogP) is 5.02. The van der Waals surface area contributed by atoms with Gasteiger partial charge in [0, 0.05) is 17.1 Å². The van der Waals surface area contributed by atoms with Gasteiger partial charge in [-0.3, -0.25) is 4.79 Å². The fraction of sp³-hybridized carbons (Fsp3) is 0.524. The molecule has 140 valence electrons. The highest BCUT2D eigenvalue weighted by Gasteiger charge is 2.26. The Morgan fingerprint density at radius 1 is 1.31 bits per heavy atom. The number of carbonyl (C=O) groups excluding carboxylic acids is 1. The average Bonchev–Trinajstić information content (AvgIpc) is 3.24. The lowest BCUT2D eigenvalue weighted by Crippen LogP contribution is -2.18. The van der Waals surface area contributed by atoms with Crippen LogP contribution in [-0.4, -0.2) is 16.6 Å². The van der Waals surface area contributed by atoms with Crippen LogP contribution in [0.5, 0.6) is 5.75 Å². The van der Waals surface area contributed by atoms with Gasteiger partial charge in [-0.1, -0.05) is 32.4 Å². The molecule has 4 nitrogen and oxygen atoms in total. The second-order valence-corrected chi connectivity index (χ2v) is 9.37. The third-order valence-electron chi connectivity index (χ3n) is 4.35. The first-order valence-corrected chi connectivity index (χ1v) is 10.1. The Kier molecular flexibility index (Phi) is 5.11. The third-order valence-corrected chi connectivity index (χ3v) is 5.78. The maximum atomic E-state index is 13.0. The van der Waals surface area contributed by atoms with Crippen molar-refractivity contribution in [2.45, 2.75) is 71.9 Å². The maximum Gasteiger partial charge on any atom is 0.283 e. The van der Waals surface area contributed by atoms with Crippen molar-refractivity contribution in [3.63, 3.8) is 0 Å². The molecule has 0 spiro atoms. The number of ether oxygens (including phenoxy) is 1. The quantitative estimate of drug-likeness (QED) is 0.756. The topological polar surface area (TPSA) is 43.6 Å². The van der Waals surface area contributed by atoms with Gasteiger partial charge < -0.3 is 9.30 Å². The normalized spacial score (nSPS) is 15.6. The van der Waals surface area contributed by atoms with Gasteiger partial charge in [0.2, 0.25) is 0 Å². The van der Waals surface area contributed by atoms with Gasteiger partial charge in [0.1, 0.15) is 5.75 Å². The van der Waals surface area contributed by atoms with E-state index >= 15 is 0 Å². The summed E-state index contributed by atoms with van der Waals surface area (Å²) in [5.74, 6) is 0.414. The van der Waals surface area contributed by atoms with Crippen molar-refractivity contribution in [2.75, 3.05) is 0 Å². The minimum absolute atomic E-state index is 0.0295. The highest BCUT2D eigenvalue weighted by molar-refractivity contribution is 7.09. The van der Waals surface area contributed by atoms with Crippen molar-refractivity contribution < 1.29 is 9.53 Å². The van der Waals surface area contributed by atoms with E-state index in [0.29, 0.717) is 11.3 Å². The second kappa shape index (κ2) is 7.03. The molecule has 1 amide bonds. The SMILES string of the molecule is Cc1ccc(OC2CC2)c(C(=O)N=c2sc(C(C)(C)C)cn2C(C)C)c1. The fourth-order valence-corrected chi connectivity index (χ4v) is 3.75. The van der Waals surface area contributed by atoms with E-state index in [9.17, 15) is 4.79 Å². The van der Waals surface area contributed by atoms with Crippen LogP contribution in [0.25, 0.3) is 0 Å². The molecule has 5 heteroatoms. The lowest BCUT2D eigenvalue weighted by Gasteiger charge is -2.15. The Bertz CT molecular complexity index is 880. The van der Waals surface area contributed by atoms with Gasteiger partial charge in [-0.2, -0.15) is 4.99 Å². The van der Waals surface area contributed by atoms with Crippen LogP contribution in [0.1, 0.15) is 74.3 Å².